The molecule has 9 nitrogen and oxygen atoms in total. The summed E-state index contributed by atoms with van der Waals surface area (Å²) in [5, 5.41) is 8.52. The second-order valence-electron chi connectivity index (χ2n) is 9.24. The quantitative estimate of drug-likeness (QED) is 0.509. The molecule has 1 saturated carbocycles. The fourth-order valence-corrected chi connectivity index (χ4v) is 4.64. The molecule has 2 fully saturated rings. The van der Waals surface area contributed by atoms with E-state index >= 15 is 0 Å². The van der Waals surface area contributed by atoms with E-state index in [0.29, 0.717) is 36.3 Å². The van der Waals surface area contributed by atoms with Crippen LogP contribution in [-0.2, 0) is 14.3 Å². The van der Waals surface area contributed by atoms with Crippen LogP contribution in [0.4, 0.5) is 16.2 Å². The molecule has 2 aromatic rings. The van der Waals surface area contributed by atoms with Gasteiger partial charge in [-0.25, -0.2) is 4.79 Å². The fourth-order valence-electron chi connectivity index (χ4n) is 4.64. The molecule has 1 atom stereocenters. The van der Waals surface area contributed by atoms with Crippen molar-refractivity contribution >= 4 is 35.2 Å². The number of nitrogens with one attached hydrogen (secondary N) is 3. The van der Waals surface area contributed by atoms with Crippen LogP contribution in [-0.4, -0.2) is 54.5 Å². The van der Waals surface area contributed by atoms with Crippen molar-refractivity contribution in [2.24, 2.45) is 5.92 Å². The molecule has 36 heavy (non-hydrogen) atoms. The van der Waals surface area contributed by atoms with E-state index in [0.717, 1.165) is 25.7 Å². The average Bonchev–Trinajstić information content (AvgIpc) is 3.41. The van der Waals surface area contributed by atoms with Gasteiger partial charge in [0, 0.05) is 24.8 Å². The first-order chi connectivity index (χ1) is 17.5. The van der Waals surface area contributed by atoms with Crippen LogP contribution in [0.5, 0.6) is 0 Å². The first-order valence-electron chi connectivity index (χ1n) is 12.5. The standard InChI is InChI=1S/C27H32N4O5/c32-24(30-23-15-7-6-14-22(23)25(33)28-20-12-4-5-13-20)18-36-26(34)19-9-8-16-31(17-19)27(35)29-21-10-2-1-3-11-21/h1-3,6-7,10-11,14-15,19-20H,4-5,8-9,12-13,16-18H2,(H,28,33)(H,29,35)(H,30,32). The number of esters is 1. The summed E-state index contributed by atoms with van der Waals surface area (Å²) in [6.45, 7) is 0.302. The molecule has 4 rings (SSSR count). The molecule has 3 N–H and O–H groups in total. The van der Waals surface area contributed by atoms with Crippen LogP contribution in [0.2, 0.25) is 0 Å². The molecule has 4 amide bonds. The largest absolute Gasteiger partial charge is 0.455 e. The number of likely N-dealkylation sites (tertiary alicyclic amines) is 1. The second kappa shape index (κ2) is 12.2. The predicted molar refractivity (Wildman–Crippen MR) is 136 cm³/mol. The van der Waals surface area contributed by atoms with Crippen molar-refractivity contribution in [3.05, 3.63) is 60.2 Å². The summed E-state index contributed by atoms with van der Waals surface area (Å²) in [4.78, 5) is 52.0. The van der Waals surface area contributed by atoms with E-state index in [-0.39, 0.29) is 24.5 Å². The lowest BCUT2D eigenvalue weighted by atomic mass is 9.98. The Bertz CT molecular complexity index is 1080. The molecule has 0 spiro atoms. The summed E-state index contributed by atoms with van der Waals surface area (Å²) in [6.07, 6.45) is 5.37. The van der Waals surface area contributed by atoms with Gasteiger partial charge in [0.1, 0.15) is 0 Å². The molecule has 2 aliphatic rings. The Morgan fingerprint density at radius 1 is 0.861 bits per heavy atom. The van der Waals surface area contributed by atoms with Crippen LogP contribution in [0, 0.1) is 5.92 Å². The lowest BCUT2D eigenvalue weighted by Gasteiger charge is -2.31. The number of para-hydroxylation sites is 2. The Morgan fingerprint density at radius 3 is 2.36 bits per heavy atom. The van der Waals surface area contributed by atoms with Gasteiger partial charge >= 0.3 is 12.0 Å². The maximum Gasteiger partial charge on any atom is 0.321 e. The molecule has 2 aromatic carbocycles. The van der Waals surface area contributed by atoms with Crippen LogP contribution in [0.1, 0.15) is 48.9 Å². The number of carbonyl (C=O) groups is 4. The fraction of sp³-hybridized carbons (Fsp3) is 0.407. The zero-order chi connectivity index (χ0) is 25.3. The zero-order valence-electron chi connectivity index (χ0n) is 20.2. The van der Waals surface area contributed by atoms with Crippen molar-refractivity contribution in [2.75, 3.05) is 30.3 Å². The SMILES string of the molecule is O=C(COC(=O)C1CCCN(C(=O)Nc2ccccc2)C1)Nc1ccccc1C(=O)NC1CCCC1. The van der Waals surface area contributed by atoms with Crippen LogP contribution in [0.15, 0.2) is 54.6 Å². The minimum absolute atomic E-state index is 0.159. The second-order valence-corrected chi connectivity index (χ2v) is 9.24. The van der Waals surface area contributed by atoms with Gasteiger partial charge < -0.3 is 25.6 Å². The Hall–Kier alpha value is -3.88. The van der Waals surface area contributed by atoms with Crippen LogP contribution in [0.25, 0.3) is 0 Å². The van der Waals surface area contributed by atoms with E-state index in [1.54, 1.807) is 41.3 Å². The average molecular weight is 493 g/mol. The van der Waals surface area contributed by atoms with Crippen molar-refractivity contribution in [1.29, 1.82) is 0 Å². The van der Waals surface area contributed by atoms with Crippen molar-refractivity contribution in [3.8, 4) is 0 Å². The van der Waals surface area contributed by atoms with E-state index < -0.39 is 24.4 Å². The summed E-state index contributed by atoms with van der Waals surface area (Å²) in [5.74, 6) is -1.78. The topological polar surface area (TPSA) is 117 Å². The summed E-state index contributed by atoms with van der Waals surface area (Å²) in [7, 11) is 0. The normalized spacial score (nSPS) is 17.8. The minimum atomic E-state index is -0.529. The van der Waals surface area contributed by atoms with E-state index in [4.69, 9.17) is 4.74 Å². The van der Waals surface area contributed by atoms with Gasteiger partial charge in [-0.05, 0) is 49.9 Å². The smallest absolute Gasteiger partial charge is 0.321 e. The number of amides is 4. The Morgan fingerprint density at radius 2 is 1.58 bits per heavy atom. The summed E-state index contributed by atoms with van der Waals surface area (Å²) in [6, 6.07) is 15.8. The molecular formula is C27H32N4O5. The number of urea groups is 1. The zero-order valence-corrected chi connectivity index (χ0v) is 20.2. The predicted octanol–water partition coefficient (Wildman–Crippen LogP) is 3.78. The number of nitrogens with zero attached hydrogens (tertiary/aromatic N) is 1. The number of piperidine rings is 1. The van der Waals surface area contributed by atoms with Gasteiger partial charge in [0.05, 0.1) is 17.2 Å². The number of anilines is 2. The van der Waals surface area contributed by atoms with Crippen LogP contribution < -0.4 is 16.0 Å². The number of benzene rings is 2. The van der Waals surface area contributed by atoms with Crippen LogP contribution >= 0.6 is 0 Å². The Labute approximate surface area is 210 Å². The molecule has 1 saturated heterocycles. The molecule has 0 aromatic heterocycles. The van der Waals surface area contributed by atoms with Crippen molar-refractivity contribution in [3.63, 3.8) is 0 Å². The highest BCUT2D eigenvalue weighted by atomic mass is 16.5. The monoisotopic (exact) mass is 492 g/mol. The maximum atomic E-state index is 12.7. The lowest BCUT2D eigenvalue weighted by Crippen LogP contribution is -2.45. The van der Waals surface area contributed by atoms with Gasteiger partial charge in [0.15, 0.2) is 6.61 Å². The van der Waals surface area contributed by atoms with Gasteiger partial charge in [-0.1, -0.05) is 43.2 Å². The maximum absolute atomic E-state index is 12.7. The molecule has 9 heteroatoms. The Balaban J connectivity index is 1.26. The summed E-state index contributed by atoms with van der Waals surface area (Å²) >= 11 is 0. The molecular weight excluding hydrogens is 460 g/mol. The summed E-state index contributed by atoms with van der Waals surface area (Å²) < 4.78 is 5.26. The third-order valence-electron chi connectivity index (χ3n) is 6.55. The number of hydrogen-bond acceptors (Lipinski definition) is 5. The highest BCUT2D eigenvalue weighted by Crippen LogP contribution is 2.21. The molecule has 1 aliphatic carbocycles. The molecule has 1 heterocycles. The van der Waals surface area contributed by atoms with Crippen molar-refractivity contribution in [1.82, 2.24) is 10.2 Å². The van der Waals surface area contributed by atoms with E-state index in [1.807, 2.05) is 18.2 Å². The van der Waals surface area contributed by atoms with Gasteiger partial charge in [0.25, 0.3) is 11.8 Å². The number of ether oxygens (including phenoxy) is 1. The number of carbonyl (C=O) groups excluding carboxylic acids is 4. The molecule has 0 radical (unpaired) electrons. The van der Waals surface area contributed by atoms with Crippen molar-refractivity contribution < 1.29 is 23.9 Å². The first-order valence-corrected chi connectivity index (χ1v) is 12.5. The van der Waals surface area contributed by atoms with E-state index in [2.05, 4.69) is 16.0 Å². The number of hydrogen-bond donors (Lipinski definition) is 3. The summed E-state index contributed by atoms with van der Waals surface area (Å²) in [5.41, 5.74) is 1.42. The molecule has 190 valence electrons. The van der Waals surface area contributed by atoms with Gasteiger partial charge in [-0.3, -0.25) is 14.4 Å². The lowest BCUT2D eigenvalue weighted by molar-refractivity contribution is -0.152. The van der Waals surface area contributed by atoms with Crippen molar-refractivity contribution in [2.45, 2.75) is 44.6 Å². The molecule has 1 aliphatic heterocycles. The van der Waals surface area contributed by atoms with Gasteiger partial charge in [-0.2, -0.15) is 0 Å². The highest BCUT2D eigenvalue weighted by Gasteiger charge is 2.30. The molecule has 0 bridgehead atoms. The van der Waals surface area contributed by atoms with E-state index in [9.17, 15) is 19.2 Å². The minimum Gasteiger partial charge on any atom is -0.455 e. The van der Waals surface area contributed by atoms with E-state index in [1.165, 1.54) is 0 Å². The first kappa shape index (κ1) is 25.2. The van der Waals surface area contributed by atoms with Gasteiger partial charge in [-0.15, -0.1) is 0 Å². The van der Waals surface area contributed by atoms with Crippen LogP contribution in [0.3, 0.4) is 0 Å². The number of rotatable bonds is 7. The third kappa shape index (κ3) is 6.84. The van der Waals surface area contributed by atoms with Gasteiger partial charge in [0.2, 0.25) is 0 Å². The molecule has 1 unspecified atom stereocenters. The highest BCUT2D eigenvalue weighted by molar-refractivity contribution is 6.04. The Kier molecular flexibility index (Phi) is 8.54. The third-order valence-corrected chi connectivity index (χ3v) is 6.55.